The highest BCUT2D eigenvalue weighted by Crippen LogP contribution is 2.36. The van der Waals surface area contributed by atoms with Crippen LogP contribution in [0.3, 0.4) is 0 Å². The van der Waals surface area contributed by atoms with Gasteiger partial charge in [-0.1, -0.05) is 43.2 Å². The summed E-state index contributed by atoms with van der Waals surface area (Å²) >= 11 is 0. The molecular weight excluding hydrogens is 232 g/mol. The predicted octanol–water partition coefficient (Wildman–Crippen LogP) is 3.01. The van der Waals surface area contributed by atoms with Crippen molar-refractivity contribution in [1.29, 1.82) is 0 Å². The average Bonchev–Trinajstić information content (AvgIpc) is 3.02. The van der Waals surface area contributed by atoms with Crippen LogP contribution in [0, 0.1) is 0 Å². The second-order valence-corrected chi connectivity index (χ2v) is 6.18. The molecule has 0 bridgehead atoms. The summed E-state index contributed by atoms with van der Waals surface area (Å²) < 4.78 is 0. The molecule has 2 heteroatoms. The van der Waals surface area contributed by atoms with Crippen LogP contribution >= 0.6 is 0 Å². The lowest BCUT2D eigenvalue weighted by Gasteiger charge is -2.41. The molecule has 1 saturated carbocycles. The average molecular weight is 258 g/mol. The maximum Gasteiger partial charge on any atom is 0.0232 e. The van der Waals surface area contributed by atoms with Gasteiger partial charge in [0.05, 0.1) is 0 Å². The lowest BCUT2D eigenvalue weighted by molar-refractivity contribution is 0.126. The van der Waals surface area contributed by atoms with E-state index in [-0.39, 0.29) is 0 Å². The van der Waals surface area contributed by atoms with Gasteiger partial charge in [-0.2, -0.15) is 0 Å². The first-order valence-corrected chi connectivity index (χ1v) is 7.84. The Labute approximate surface area is 117 Å². The Hall–Kier alpha value is -0.860. The third-order valence-corrected chi connectivity index (χ3v) is 5.09. The summed E-state index contributed by atoms with van der Waals surface area (Å²) in [7, 11) is 2.35. The second-order valence-electron chi connectivity index (χ2n) is 6.18. The second kappa shape index (κ2) is 6.06. The number of hydrogen-bond donors (Lipinski definition) is 1. The molecule has 2 aliphatic rings. The van der Waals surface area contributed by atoms with E-state index in [0.29, 0.717) is 0 Å². The molecule has 2 nitrogen and oxygen atoms in total. The Bertz CT molecular complexity index is 384. The zero-order chi connectivity index (χ0) is 13.1. The molecule has 3 atom stereocenters. The molecule has 0 radical (unpaired) electrons. The van der Waals surface area contributed by atoms with Gasteiger partial charge in [0.1, 0.15) is 0 Å². The Morgan fingerprint density at radius 2 is 1.84 bits per heavy atom. The minimum absolute atomic E-state index is 0.737. The molecule has 0 spiro atoms. The molecule has 3 rings (SSSR count). The van der Waals surface area contributed by atoms with E-state index >= 15 is 0 Å². The van der Waals surface area contributed by atoms with Crippen LogP contribution in [0.25, 0.3) is 0 Å². The summed E-state index contributed by atoms with van der Waals surface area (Å²) in [4.78, 5) is 2.68. The molecular formula is C17H26N2. The zero-order valence-electron chi connectivity index (χ0n) is 12.0. The number of hydrogen-bond acceptors (Lipinski definition) is 2. The van der Waals surface area contributed by atoms with Crippen LogP contribution in [0.2, 0.25) is 0 Å². The van der Waals surface area contributed by atoms with Crippen molar-refractivity contribution in [2.24, 2.45) is 0 Å². The first-order chi connectivity index (χ1) is 9.36. The van der Waals surface area contributed by atoms with Crippen LogP contribution in [0.5, 0.6) is 0 Å². The Morgan fingerprint density at radius 3 is 2.58 bits per heavy atom. The maximum absolute atomic E-state index is 3.51. The smallest absolute Gasteiger partial charge is 0.0232 e. The maximum atomic E-state index is 3.51. The SMILES string of the molecule is CN(C1CCNC1)C1CCCCC1c1ccccc1. The molecule has 3 unspecified atom stereocenters. The van der Waals surface area contributed by atoms with E-state index in [0.717, 1.165) is 18.0 Å². The van der Waals surface area contributed by atoms with E-state index in [1.165, 1.54) is 45.2 Å². The summed E-state index contributed by atoms with van der Waals surface area (Å²) in [5.41, 5.74) is 1.55. The van der Waals surface area contributed by atoms with Crippen molar-refractivity contribution in [2.45, 2.75) is 50.1 Å². The van der Waals surface area contributed by atoms with Crippen molar-refractivity contribution < 1.29 is 0 Å². The van der Waals surface area contributed by atoms with E-state index in [1.54, 1.807) is 5.56 Å². The molecule has 1 aromatic rings. The molecule has 19 heavy (non-hydrogen) atoms. The number of rotatable bonds is 3. The van der Waals surface area contributed by atoms with Crippen molar-refractivity contribution >= 4 is 0 Å². The number of benzene rings is 1. The quantitative estimate of drug-likeness (QED) is 0.896. The highest BCUT2D eigenvalue weighted by molar-refractivity contribution is 5.22. The standard InChI is InChI=1S/C17H26N2/c1-19(15-11-12-18-13-15)17-10-6-5-9-16(17)14-7-3-2-4-8-14/h2-4,7-8,15-18H,5-6,9-13H2,1H3. The first-order valence-electron chi connectivity index (χ1n) is 7.84. The van der Waals surface area contributed by atoms with Crippen molar-refractivity contribution in [3.05, 3.63) is 35.9 Å². The molecule has 1 aromatic carbocycles. The molecule has 1 aliphatic carbocycles. The fraction of sp³-hybridized carbons (Fsp3) is 0.647. The molecule has 1 heterocycles. The van der Waals surface area contributed by atoms with Crippen LogP contribution in [0.4, 0.5) is 0 Å². The molecule has 0 amide bonds. The van der Waals surface area contributed by atoms with Gasteiger partial charge < -0.3 is 5.32 Å². The zero-order valence-corrected chi connectivity index (χ0v) is 12.0. The van der Waals surface area contributed by atoms with Gasteiger partial charge in [-0.3, -0.25) is 4.90 Å². The van der Waals surface area contributed by atoms with Crippen molar-refractivity contribution in [3.8, 4) is 0 Å². The van der Waals surface area contributed by atoms with E-state index in [9.17, 15) is 0 Å². The monoisotopic (exact) mass is 258 g/mol. The van der Waals surface area contributed by atoms with Gasteiger partial charge in [0.15, 0.2) is 0 Å². The van der Waals surface area contributed by atoms with Gasteiger partial charge in [0.2, 0.25) is 0 Å². The summed E-state index contributed by atoms with van der Waals surface area (Å²) in [6.07, 6.45) is 6.84. The molecule has 2 fully saturated rings. The fourth-order valence-electron chi connectivity index (χ4n) is 3.95. The summed E-state index contributed by atoms with van der Waals surface area (Å²) in [6.45, 7) is 2.37. The Kier molecular flexibility index (Phi) is 4.19. The van der Waals surface area contributed by atoms with Gasteiger partial charge >= 0.3 is 0 Å². The van der Waals surface area contributed by atoms with Crippen molar-refractivity contribution in [2.75, 3.05) is 20.1 Å². The summed E-state index contributed by atoms with van der Waals surface area (Å²) in [5.74, 6) is 0.737. The van der Waals surface area contributed by atoms with Crippen molar-refractivity contribution in [3.63, 3.8) is 0 Å². The Morgan fingerprint density at radius 1 is 1.05 bits per heavy atom. The van der Waals surface area contributed by atoms with Gasteiger partial charge in [0.25, 0.3) is 0 Å². The van der Waals surface area contributed by atoms with Gasteiger partial charge in [0, 0.05) is 18.6 Å². The van der Waals surface area contributed by atoms with Gasteiger partial charge in [-0.15, -0.1) is 0 Å². The van der Waals surface area contributed by atoms with Gasteiger partial charge in [-0.25, -0.2) is 0 Å². The van der Waals surface area contributed by atoms with E-state index in [1.807, 2.05) is 0 Å². The lowest BCUT2D eigenvalue weighted by Crippen LogP contribution is -2.45. The molecule has 1 saturated heterocycles. The summed E-state index contributed by atoms with van der Waals surface area (Å²) in [6, 6.07) is 12.6. The largest absolute Gasteiger partial charge is 0.315 e. The third-order valence-electron chi connectivity index (χ3n) is 5.09. The van der Waals surface area contributed by atoms with E-state index in [2.05, 4.69) is 47.6 Å². The minimum atomic E-state index is 0.737. The molecule has 104 valence electrons. The lowest BCUT2D eigenvalue weighted by atomic mass is 9.79. The normalized spacial score (nSPS) is 31.8. The topological polar surface area (TPSA) is 15.3 Å². The molecule has 1 N–H and O–H groups in total. The first kappa shape index (κ1) is 13.1. The fourth-order valence-corrected chi connectivity index (χ4v) is 3.95. The summed E-state index contributed by atoms with van der Waals surface area (Å²) in [5, 5.41) is 3.51. The third kappa shape index (κ3) is 2.85. The van der Waals surface area contributed by atoms with Crippen LogP contribution in [0.1, 0.15) is 43.6 Å². The van der Waals surface area contributed by atoms with Gasteiger partial charge in [-0.05, 0) is 44.3 Å². The number of likely N-dealkylation sites (N-methyl/N-ethyl adjacent to an activating group) is 1. The van der Waals surface area contributed by atoms with Crippen LogP contribution in [-0.2, 0) is 0 Å². The van der Waals surface area contributed by atoms with Crippen LogP contribution in [0.15, 0.2) is 30.3 Å². The highest BCUT2D eigenvalue weighted by atomic mass is 15.2. The van der Waals surface area contributed by atoms with Crippen LogP contribution in [-0.4, -0.2) is 37.1 Å². The predicted molar refractivity (Wildman–Crippen MR) is 80.5 cm³/mol. The van der Waals surface area contributed by atoms with E-state index < -0.39 is 0 Å². The minimum Gasteiger partial charge on any atom is -0.315 e. The van der Waals surface area contributed by atoms with Crippen molar-refractivity contribution in [1.82, 2.24) is 10.2 Å². The van der Waals surface area contributed by atoms with Crippen LogP contribution < -0.4 is 5.32 Å². The van der Waals surface area contributed by atoms with E-state index in [4.69, 9.17) is 0 Å². The highest BCUT2D eigenvalue weighted by Gasteiger charge is 2.33. The number of nitrogens with zero attached hydrogens (tertiary/aromatic N) is 1. The Balaban J connectivity index is 1.77. The molecule has 1 aliphatic heterocycles. The molecule has 0 aromatic heterocycles. The number of nitrogens with one attached hydrogen (secondary N) is 1.